The summed E-state index contributed by atoms with van der Waals surface area (Å²) in [6.45, 7) is 1.39. The fraction of sp³-hybridized carbons (Fsp3) is 0.0500. The number of aromatic amines is 1. The Labute approximate surface area is 279 Å². The number of carbonyl (C=O) groups is 1. The number of hydrogen-bond acceptors (Lipinski definition) is 3. The standard InChI is InChI=1S/C18H15S.C13H10N2.C9H7F3O2/c1-4-10-16(11-5-1)19(17-12-6-2-7-13-17)18-14-8-3-9-15-18;1-2-6-10(7-3-1)13-14-11-8-4-5-9-12(11)15-13;1-5-2-6(8(13)14)4-7(3-5)9(10,11)12/h1-15H;1-9H,(H,14,15);2-4H,1H3,(H,13,14)/q+1;;/p-1. The van der Waals surface area contributed by atoms with Gasteiger partial charge in [-0.25, -0.2) is 4.98 Å². The number of carboxylic acids is 1. The number of rotatable bonds is 5. The Morgan fingerprint density at radius 2 is 1.10 bits per heavy atom. The van der Waals surface area contributed by atoms with Crippen LogP contribution in [-0.2, 0) is 17.1 Å². The van der Waals surface area contributed by atoms with Gasteiger partial charge in [0, 0.05) is 5.56 Å². The van der Waals surface area contributed by atoms with Crippen LogP contribution in [0.25, 0.3) is 22.4 Å². The molecule has 7 aromatic rings. The first kappa shape index (κ1) is 33.8. The highest BCUT2D eigenvalue weighted by Crippen LogP contribution is 2.31. The Bertz CT molecular complexity index is 1920. The molecule has 1 N–H and O–H groups in total. The van der Waals surface area contributed by atoms with E-state index in [0.717, 1.165) is 34.6 Å². The molecular formula is C40H31F3N2O2S. The first-order chi connectivity index (χ1) is 23.2. The maximum atomic E-state index is 12.2. The molecule has 240 valence electrons. The molecule has 4 nitrogen and oxygen atoms in total. The third-order valence-corrected chi connectivity index (χ3v) is 9.24. The van der Waals surface area contributed by atoms with Gasteiger partial charge in [-0.3, -0.25) is 0 Å². The van der Waals surface area contributed by atoms with Crippen LogP contribution in [0.15, 0.2) is 178 Å². The summed E-state index contributed by atoms with van der Waals surface area (Å²) in [6.07, 6.45) is -4.53. The van der Waals surface area contributed by atoms with Crippen molar-refractivity contribution in [2.24, 2.45) is 0 Å². The van der Waals surface area contributed by atoms with Crippen LogP contribution in [-0.4, -0.2) is 15.9 Å². The highest BCUT2D eigenvalue weighted by molar-refractivity contribution is 7.97. The minimum absolute atomic E-state index is 0.0146. The fourth-order valence-electron chi connectivity index (χ4n) is 4.83. The number of benzene rings is 6. The average molecular weight is 661 g/mol. The first-order valence-corrected chi connectivity index (χ1v) is 16.2. The molecule has 0 unspecified atom stereocenters. The number of para-hydroxylation sites is 2. The van der Waals surface area contributed by atoms with Crippen LogP contribution < -0.4 is 5.11 Å². The predicted octanol–water partition coefficient (Wildman–Crippen LogP) is 9.39. The van der Waals surface area contributed by atoms with Crippen LogP contribution in [0.2, 0.25) is 0 Å². The van der Waals surface area contributed by atoms with E-state index in [-0.39, 0.29) is 16.5 Å². The van der Waals surface area contributed by atoms with Crippen LogP contribution in [0.4, 0.5) is 13.2 Å². The Hall–Kier alpha value is -5.60. The van der Waals surface area contributed by atoms with Crippen LogP contribution in [0, 0.1) is 6.92 Å². The van der Waals surface area contributed by atoms with E-state index in [1.807, 2.05) is 42.5 Å². The molecule has 0 amide bonds. The number of aromatic nitrogens is 2. The number of halogens is 3. The average Bonchev–Trinajstić information content (AvgIpc) is 3.55. The van der Waals surface area contributed by atoms with E-state index >= 15 is 0 Å². The molecule has 0 aliphatic rings. The lowest BCUT2D eigenvalue weighted by Crippen LogP contribution is -2.23. The molecule has 8 heteroatoms. The summed E-state index contributed by atoms with van der Waals surface area (Å²) < 4.78 is 36.6. The van der Waals surface area contributed by atoms with Gasteiger partial charge in [-0.1, -0.05) is 103 Å². The van der Waals surface area contributed by atoms with Crippen LogP contribution in [0.3, 0.4) is 0 Å². The van der Waals surface area contributed by atoms with Crippen LogP contribution in [0.5, 0.6) is 0 Å². The molecule has 0 fully saturated rings. The summed E-state index contributed by atoms with van der Waals surface area (Å²) >= 11 is 0. The lowest BCUT2D eigenvalue weighted by atomic mass is 10.1. The van der Waals surface area contributed by atoms with Gasteiger partial charge in [0.15, 0.2) is 14.7 Å². The van der Waals surface area contributed by atoms with Crippen LogP contribution in [0.1, 0.15) is 21.5 Å². The lowest BCUT2D eigenvalue weighted by molar-refractivity contribution is -0.255. The van der Waals surface area contributed by atoms with Gasteiger partial charge in [0.2, 0.25) is 0 Å². The highest BCUT2D eigenvalue weighted by atomic mass is 32.2. The highest BCUT2D eigenvalue weighted by Gasteiger charge is 2.31. The van der Waals surface area contributed by atoms with Crippen molar-refractivity contribution in [3.63, 3.8) is 0 Å². The second kappa shape index (κ2) is 15.8. The summed E-state index contributed by atoms with van der Waals surface area (Å²) in [6, 6.07) is 52.9. The number of hydrogen-bond donors (Lipinski definition) is 1. The Kier molecular flexibility index (Phi) is 11.1. The monoisotopic (exact) mass is 660 g/mol. The van der Waals surface area contributed by atoms with Gasteiger partial charge in [-0.05, 0) is 78.7 Å². The minimum Gasteiger partial charge on any atom is -0.545 e. The summed E-state index contributed by atoms with van der Waals surface area (Å²) in [7, 11) is -0.0146. The normalized spacial score (nSPS) is 10.9. The van der Waals surface area contributed by atoms with Gasteiger partial charge >= 0.3 is 6.18 Å². The molecule has 0 spiro atoms. The first-order valence-electron chi connectivity index (χ1n) is 15.0. The quantitative estimate of drug-likeness (QED) is 0.187. The van der Waals surface area contributed by atoms with Crippen molar-refractivity contribution < 1.29 is 23.1 Å². The van der Waals surface area contributed by atoms with Crippen molar-refractivity contribution in [1.29, 1.82) is 0 Å². The van der Waals surface area contributed by atoms with Gasteiger partial charge in [-0.15, -0.1) is 0 Å². The zero-order valence-electron chi connectivity index (χ0n) is 25.9. The number of imidazole rings is 1. The largest absolute Gasteiger partial charge is 0.545 e. The molecule has 0 bridgehead atoms. The molecule has 7 rings (SSSR count). The summed E-state index contributed by atoms with van der Waals surface area (Å²) in [4.78, 5) is 22.3. The Morgan fingerprint density at radius 1 is 0.646 bits per heavy atom. The van der Waals surface area contributed by atoms with E-state index in [2.05, 4.69) is 113 Å². The van der Waals surface area contributed by atoms with Crippen molar-refractivity contribution >= 4 is 27.9 Å². The second-order valence-corrected chi connectivity index (χ2v) is 12.6. The smallest absolute Gasteiger partial charge is 0.416 e. The number of nitrogens with zero attached hydrogens (tertiary/aromatic N) is 1. The van der Waals surface area contributed by atoms with Crippen LogP contribution >= 0.6 is 0 Å². The maximum Gasteiger partial charge on any atom is 0.416 e. The van der Waals surface area contributed by atoms with E-state index in [4.69, 9.17) is 0 Å². The number of aryl methyl sites for hydroxylation is 1. The number of nitrogens with one attached hydrogen (secondary N) is 1. The molecule has 0 aliphatic carbocycles. The van der Waals surface area contributed by atoms with Crippen molar-refractivity contribution in [2.45, 2.75) is 27.8 Å². The number of aromatic carboxylic acids is 1. The van der Waals surface area contributed by atoms with E-state index in [0.29, 0.717) is 6.07 Å². The maximum absolute atomic E-state index is 12.2. The van der Waals surface area contributed by atoms with Gasteiger partial charge in [0.1, 0.15) is 5.82 Å². The zero-order valence-corrected chi connectivity index (χ0v) is 26.7. The number of carboxylic acid groups (broad SMARTS) is 1. The summed E-state index contributed by atoms with van der Waals surface area (Å²) in [5, 5.41) is 10.4. The Morgan fingerprint density at radius 3 is 1.56 bits per heavy atom. The molecule has 1 aromatic heterocycles. The fourth-order valence-corrected chi connectivity index (χ4v) is 6.93. The van der Waals surface area contributed by atoms with E-state index in [1.54, 1.807) is 0 Å². The minimum atomic E-state index is -4.53. The second-order valence-electron chi connectivity index (χ2n) is 10.6. The SMILES string of the molecule is Cc1cc(C(=O)[O-])cc(C(F)(F)F)c1.c1ccc(-c2nc3ccccc3[nH]2)cc1.c1ccc([S+](c2ccccc2)c2ccccc2)cc1. The third-order valence-electron chi connectivity index (χ3n) is 7.01. The van der Waals surface area contributed by atoms with Gasteiger partial charge < -0.3 is 14.9 Å². The van der Waals surface area contributed by atoms with E-state index in [9.17, 15) is 23.1 Å². The van der Waals surface area contributed by atoms with Crippen molar-refractivity contribution in [3.05, 3.63) is 180 Å². The zero-order chi connectivity index (χ0) is 33.9. The molecule has 0 atom stereocenters. The summed E-state index contributed by atoms with van der Waals surface area (Å²) in [5.41, 5.74) is 2.01. The number of H-pyrrole nitrogens is 1. The third kappa shape index (κ3) is 9.02. The molecule has 0 saturated heterocycles. The molecular weight excluding hydrogens is 630 g/mol. The molecule has 1 heterocycles. The van der Waals surface area contributed by atoms with Gasteiger partial charge in [0.25, 0.3) is 0 Å². The molecule has 6 aromatic carbocycles. The van der Waals surface area contributed by atoms with Crippen molar-refractivity contribution in [2.75, 3.05) is 0 Å². The molecule has 48 heavy (non-hydrogen) atoms. The van der Waals surface area contributed by atoms with E-state index < -0.39 is 23.3 Å². The molecule has 0 saturated carbocycles. The number of alkyl halides is 3. The van der Waals surface area contributed by atoms with E-state index in [1.165, 1.54) is 21.6 Å². The number of fused-ring (bicyclic) bond motifs is 1. The van der Waals surface area contributed by atoms with Crippen molar-refractivity contribution in [1.82, 2.24) is 9.97 Å². The van der Waals surface area contributed by atoms with Gasteiger partial charge in [0.05, 0.1) is 33.5 Å². The lowest BCUT2D eigenvalue weighted by Gasteiger charge is -2.10. The molecule has 0 radical (unpaired) electrons. The Balaban J connectivity index is 0.000000143. The molecule has 0 aliphatic heterocycles. The predicted molar refractivity (Wildman–Crippen MR) is 184 cm³/mol. The summed E-state index contributed by atoms with van der Waals surface area (Å²) in [5.74, 6) is -0.684. The number of carbonyl (C=O) groups excluding carboxylic acids is 1. The van der Waals surface area contributed by atoms with Crippen molar-refractivity contribution in [3.8, 4) is 11.4 Å². The topological polar surface area (TPSA) is 68.8 Å². The van der Waals surface area contributed by atoms with Gasteiger partial charge in [-0.2, -0.15) is 13.2 Å².